The van der Waals surface area contributed by atoms with Gasteiger partial charge < -0.3 is 9.47 Å². The SMILES string of the molecule is CCCOC(=O)[C@H]1CCC(=O)O1. The van der Waals surface area contributed by atoms with Crippen LogP contribution in [-0.4, -0.2) is 24.6 Å². The molecule has 4 heteroatoms. The Bertz CT molecular complexity index is 187. The Morgan fingerprint density at radius 1 is 1.75 bits per heavy atom. The second-order valence-corrected chi connectivity index (χ2v) is 2.68. The summed E-state index contributed by atoms with van der Waals surface area (Å²) >= 11 is 0. The van der Waals surface area contributed by atoms with E-state index in [1.54, 1.807) is 0 Å². The maximum atomic E-state index is 11.1. The summed E-state index contributed by atoms with van der Waals surface area (Å²) in [5, 5.41) is 0. The van der Waals surface area contributed by atoms with Gasteiger partial charge in [-0.25, -0.2) is 4.79 Å². The highest BCUT2D eigenvalue weighted by molar-refractivity contribution is 5.82. The molecule has 1 rings (SSSR count). The molecule has 1 aliphatic heterocycles. The minimum Gasteiger partial charge on any atom is -0.463 e. The molecule has 1 fully saturated rings. The molecule has 0 aromatic rings. The molecule has 0 aromatic heterocycles. The molecule has 0 bridgehead atoms. The Hall–Kier alpha value is -1.06. The van der Waals surface area contributed by atoms with Crippen molar-refractivity contribution in [3.05, 3.63) is 0 Å². The molecular weight excluding hydrogens is 160 g/mol. The molecule has 1 aliphatic rings. The topological polar surface area (TPSA) is 52.6 Å². The average Bonchev–Trinajstić information content (AvgIpc) is 2.47. The number of carbonyl (C=O) groups excluding carboxylic acids is 2. The largest absolute Gasteiger partial charge is 0.463 e. The highest BCUT2D eigenvalue weighted by Gasteiger charge is 2.30. The normalized spacial score (nSPS) is 22.1. The van der Waals surface area contributed by atoms with Crippen molar-refractivity contribution in [2.45, 2.75) is 32.3 Å². The Kier molecular flexibility index (Phi) is 3.08. The number of cyclic esters (lactones) is 1. The fourth-order valence-corrected chi connectivity index (χ4v) is 0.987. The van der Waals surface area contributed by atoms with Crippen LogP contribution in [0.1, 0.15) is 26.2 Å². The minimum atomic E-state index is -0.649. The van der Waals surface area contributed by atoms with Crippen molar-refractivity contribution < 1.29 is 19.1 Å². The van der Waals surface area contributed by atoms with Gasteiger partial charge in [-0.2, -0.15) is 0 Å². The first-order valence-electron chi connectivity index (χ1n) is 4.10. The first-order chi connectivity index (χ1) is 5.74. The van der Waals surface area contributed by atoms with Crippen molar-refractivity contribution in [1.82, 2.24) is 0 Å². The van der Waals surface area contributed by atoms with Gasteiger partial charge in [0.15, 0.2) is 6.10 Å². The van der Waals surface area contributed by atoms with Crippen LogP contribution in [0.2, 0.25) is 0 Å². The molecule has 12 heavy (non-hydrogen) atoms. The summed E-state index contributed by atoms with van der Waals surface area (Å²) in [7, 11) is 0. The zero-order valence-corrected chi connectivity index (χ0v) is 7.04. The highest BCUT2D eigenvalue weighted by atomic mass is 16.6. The van der Waals surface area contributed by atoms with Crippen LogP contribution in [0, 0.1) is 0 Å². The summed E-state index contributed by atoms with van der Waals surface area (Å²) in [5.74, 6) is -0.726. The van der Waals surface area contributed by atoms with Gasteiger partial charge in [0.25, 0.3) is 0 Å². The van der Waals surface area contributed by atoms with Gasteiger partial charge in [-0.15, -0.1) is 0 Å². The van der Waals surface area contributed by atoms with Crippen LogP contribution < -0.4 is 0 Å². The maximum absolute atomic E-state index is 11.1. The lowest BCUT2D eigenvalue weighted by atomic mass is 10.2. The van der Waals surface area contributed by atoms with Crippen molar-refractivity contribution >= 4 is 11.9 Å². The smallest absolute Gasteiger partial charge is 0.347 e. The molecule has 1 saturated heterocycles. The van der Waals surface area contributed by atoms with E-state index < -0.39 is 12.1 Å². The average molecular weight is 172 g/mol. The molecule has 0 saturated carbocycles. The molecule has 4 nitrogen and oxygen atoms in total. The van der Waals surface area contributed by atoms with Crippen LogP contribution in [0.5, 0.6) is 0 Å². The predicted molar refractivity (Wildman–Crippen MR) is 40.4 cm³/mol. The van der Waals surface area contributed by atoms with E-state index in [1.807, 2.05) is 6.92 Å². The van der Waals surface area contributed by atoms with Gasteiger partial charge in [0.2, 0.25) is 0 Å². The van der Waals surface area contributed by atoms with Crippen molar-refractivity contribution in [2.75, 3.05) is 6.61 Å². The van der Waals surface area contributed by atoms with E-state index in [1.165, 1.54) is 0 Å². The Labute approximate surface area is 70.8 Å². The third-order valence-electron chi connectivity index (χ3n) is 1.60. The summed E-state index contributed by atoms with van der Waals surface area (Å²) in [6.07, 6.45) is 0.920. The lowest BCUT2D eigenvalue weighted by molar-refractivity contribution is -0.161. The van der Waals surface area contributed by atoms with Gasteiger partial charge in [0.1, 0.15) is 0 Å². The summed E-state index contributed by atoms with van der Waals surface area (Å²) in [6.45, 7) is 2.31. The molecule has 0 N–H and O–H groups in total. The van der Waals surface area contributed by atoms with E-state index >= 15 is 0 Å². The number of hydrogen-bond donors (Lipinski definition) is 0. The molecule has 0 unspecified atom stereocenters. The second kappa shape index (κ2) is 4.09. The lowest BCUT2D eigenvalue weighted by Crippen LogP contribution is -2.23. The number of hydrogen-bond acceptors (Lipinski definition) is 4. The summed E-state index contributed by atoms with van der Waals surface area (Å²) in [6, 6.07) is 0. The third kappa shape index (κ3) is 2.22. The quantitative estimate of drug-likeness (QED) is 0.586. The lowest BCUT2D eigenvalue weighted by Gasteiger charge is -2.07. The summed E-state index contributed by atoms with van der Waals surface area (Å²) < 4.78 is 9.51. The first kappa shape index (κ1) is 9.03. The maximum Gasteiger partial charge on any atom is 0.347 e. The fourth-order valence-electron chi connectivity index (χ4n) is 0.987. The van der Waals surface area contributed by atoms with Crippen LogP contribution in [-0.2, 0) is 19.1 Å². The van der Waals surface area contributed by atoms with Crippen molar-refractivity contribution in [3.63, 3.8) is 0 Å². The molecule has 0 aromatic carbocycles. The fraction of sp³-hybridized carbons (Fsp3) is 0.750. The van der Waals surface area contributed by atoms with Crippen LogP contribution in [0.4, 0.5) is 0 Å². The highest BCUT2D eigenvalue weighted by Crippen LogP contribution is 2.14. The van der Waals surface area contributed by atoms with Crippen molar-refractivity contribution in [3.8, 4) is 0 Å². The molecule has 0 radical (unpaired) electrons. The molecule has 1 atom stereocenters. The van der Waals surface area contributed by atoms with Gasteiger partial charge >= 0.3 is 11.9 Å². The first-order valence-corrected chi connectivity index (χ1v) is 4.10. The van der Waals surface area contributed by atoms with E-state index in [0.29, 0.717) is 19.4 Å². The number of ether oxygens (including phenoxy) is 2. The van der Waals surface area contributed by atoms with Gasteiger partial charge in [-0.05, 0) is 6.42 Å². The standard InChI is InChI=1S/C8H12O4/c1-2-5-11-8(10)6-3-4-7(9)12-6/h6H,2-5H2,1H3/t6-/m1/s1. The molecule has 0 amide bonds. The van der Waals surface area contributed by atoms with Crippen LogP contribution in [0.25, 0.3) is 0 Å². The molecule has 68 valence electrons. The molecule has 0 spiro atoms. The Morgan fingerprint density at radius 2 is 2.50 bits per heavy atom. The number of esters is 2. The second-order valence-electron chi connectivity index (χ2n) is 2.68. The predicted octanol–water partition coefficient (Wildman–Crippen LogP) is 0.645. The monoisotopic (exact) mass is 172 g/mol. The van der Waals surface area contributed by atoms with E-state index in [9.17, 15) is 9.59 Å². The van der Waals surface area contributed by atoms with Gasteiger partial charge in [-0.3, -0.25) is 4.79 Å². The number of carbonyl (C=O) groups is 2. The van der Waals surface area contributed by atoms with E-state index in [-0.39, 0.29) is 5.97 Å². The van der Waals surface area contributed by atoms with Gasteiger partial charge in [0, 0.05) is 12.8 Å². The number of rotatable bonds is 3. The molecule has 1 heterocycles. The zero-order chi connectivity index (χ0) is 8.97. The van der Waals surface area contributed by atoms with Gasteiger partial charge in [0.05, 0.1) is 6.61 Å². The van der Waals surface area contributed by atoms with E-state index in [2.05, 4.69) is 0 Å². The van der Waals surface area contributed by atoms with Crippen molar-refractivity contribution in [1.29, 1.82) is 0 Å². The Morgan fingerprint density at radius 3 is 3.00 bits per heavy atom. The van der Waals surface area contributed by atoms with Crippen LogP contribution in [0.15, 0.2) is 0 Å². The molecule has 0 aliphatic carbocycles. The summed E-state index contributed by atoms with van der Waals surface area (Å²) in [4.78, 5) is 21.7. The van der Waals surface area contributed by atoms with E-state index in [0.717, 1.165) is 6.42 Å². The van der Waals surface area contributed by atoms with E-state index in [4.69, 9.17) is 9.47 Å². The molecular formula is C8H12O4. The zero-order valence-electron chi connectivity index (χ0n) is 7.04. The van der Waals surface area contributed by atoms with Gasteiger partial charge in [-0.1, -0.05) is 6.92 Å². The Balaban J connectivity index is 2.28. The van der Waals surface area contributed by atoms with Crippen LogP contribution in [0.3, 0.4) is 0 Å². The third-order valence-corrected chi connectivity index (χ3v) is 1.60. The summed E-state index contributed by atoms with van der Waals surface area (Å²) in [5.41, 5.74) is 0. The van der Waals surface area contributed by atoms with Crippen molar-refractivity contribution in [2.24, 2.45) is 0 Å². The minimum absolute atomic E-state index is 0.312. The van der Waals surface area contributed by atoms with Crippen LogP contribution >= 0.6 is 0 Å².